The van der Waals surface area contributed by atoms with Crippen LogP contribution < -0.4 is 10.0 Å². The maximum Gasteiger partial charge on any atom is 0.269 e. The summed E-state index contributed by atoms with van der Waals surface area (Å²) in [6.45, 7) is 3.76. The molecule has 116 valence electrons. The summed E-state index contributed by atoms with van der Waals surface area (Å²) < 4.78 is 32.3. The first-order valence-corrected chi connectivity index (χ1v) is 7.90. The lowest BCUT2D eigenvalue weighted by Crippen LogP contribution is -2.53. The van der Waals surface area contributed by atoms with Crippen LogP contribution in [-0.4, -0.2) is 45.2 Å². The van der Waals surface area contributed by atoms with Crippen molar-refractivity contribution in [1.82, 2.24) is 10.0 Å². The zero-order valence-corrected chi connectivity index (χ0v) is 12.4. The molecule has 2 rings (SSSR count). The van der Waals surface area contributed by atoms with E-state index in [1.807, 2.05) is 6.92 Å². The van der Waals surface area contributed by atoms with Gasteiger partial charge in [0, 0.05) is 31.8 Å². The van der Waals surface area contributed by atoms with E-state index >= 15 is 0 Å². The maximum atomic E-state index is 12.1. The number of nitrogens with zero attached hydrogens (tertiary/aromatic N) is 1. The van der Waals surface area contributed by atoms with E-state index in [1.165, 1.54) is 12.1 Å². The molecule has 9 heteroatoms. The largest absolute Gasteiger partial charge is 0.371 e. The van der Waals surface area contributed by atoms with E-state index in [1.54, 1.807) is 0 Å². The Labute approximate surface area is 122 Å². The van der Waals surface area contributed by atoms with Crippen LogP contribution in [0.4, 0.5) is 5.69 Å². The molecule has 0 aliphatic carbocycles. The topological polar surface area (TPSA) is 111 Å². The molecular formula is C12H17N3O5S. The van der Waals surface area contributed by atoms with Crippen molar-refractivity contribution < 1.29 is 18.1 Å². The Morgan fingerprint density at radius 2 is 2.10 bits per heavy atom. The Balaban J connectivity index is 2.05. The molecule has 1 saturated heterocycles. The van der Waals surface area contributed by atoms with Crippen molar-refractivity contribution in [3.8, 4) is 0 Å². The quantitative estimate of drug-likeness (QED) is 0.595. The molecule has 1 fully saturated rings. The highest BCUT2D eigenvalue weighted by molar-refractivity contribution is 7.89. The first-order valence-electron chi connectivity index (χ1n) is 6.41. The van der Waals surface area contributed by atoms with E-state index in [9.17, 15) is 18.5 Å². The van der Waals surface area contributed by atoms with Gasteiger partial charge in [-0.1, -0.05) is 0 Å². The zero-order chi connectivity index (χ0) is 15.5. The minimum atomic E-state index is -3.72. The number of sulfonamides is 1. The van der Waals surface area contributed by atoms with Gasteiger partial charge in [-0.2, -0.15) is 0 Å². The van der Waals surface area contributed by atoms with E-state index in [2.05, 4.69) is 10.0 Å². The number of non-ortho nitro benzene ring substituents is 1. The summed E-state index contributed by atoms with van der Waals surface area (Å²) in [5.41, 5.74) is -0.757. The van der Waals surface area contributed by atoms with Crippen molar-refractivity contribution in [1.29, 1.82) is 0 Å². The van der Waals surface area contributed by atoms with Gasteiger partial charge in [0.05, 0.1) is 22.0 Å². The van der Waals surface area contributed by atoms with Gasteiger partial charge in [-0.15, -0.1) is 0 Å². The summed E-state index contributed by atoms with van der Waals surface area (Å²) in [5, 5.41) is 13.7. The van der Waals surface area contributed by atoms with Gasteiger partial charge in [-0.25, -0.2) is 13.1 Å². The van der Waals surface area contributed by atoms with Crippen LogP contribution >= 0.6 is 0 Å². The number of hydrogen-bond acceptors (Lipinski definition) is 6. The molecule has 2 N–H and O–H groups in total. The van der Waals surface area contributed by atoms with Crippen molar-refractivity contribution in [2.24, 2.45) is 0 Å². The van der Waals surface area contributed by atoms with Crippen molar-refractivity contribution in [2.45, 2.75) is 17.4 Å². The third-order valence-corrected chi connectivity index (χ3v) is 4.64. The number of rotatable bonds is 5. The number of morpholine rings is 1. The molecule has 1 atom stereocenters. The molecule has 1 aliphatic rings. The Morgan fingerprint density at radius 1 is 1.43 bits per heavy atom. The first-order chi connectivity index (χ1) is 9.82. The molecule has 0 amide bonds. The molecule has 1 aromatic carbocycles. The second-order valence-electron chi connectivity index (χ2n) is 5.05. The number of nitrogens with one attached hydrogen (secondary N) is 2. The van der Waals surface area contributed by atoms with Gasteiger partial charge < -0.3 is 10.1 Å². The van der Waals surface area contributed by atoms with E-state index in [-0.39, 0.29) is 17.1 Å². The lowest BCUT2D eigenvalue weighted by atomic mass is 10.1. The van der Waals surface area contributed by atoms with Crippen LogP contribution in [0, 0.1) is 10.1 Å². The molecular weight excluding hydrogens is 298 g/mol. The highest BCUT2D eigenvalue weighted by atomic mass is 32.2. The van der Waals surface area contributed by atoms with E-state index in [4.69, 9.17) is 4.74 Å². The Hall–Kier alpha value is -1.55. The fourth-order valence-electron chi connectivity index (χ4n) is 1.96. The van der Waals surface area contributed by atoms with Gasteiger partial charge in [0.15, 0.2) is 0 Å². The summed E-state index contributed by atoms with van der Waals surface area (Å²) in [5.74, 6) is 0. The minimum Gasteiger partial charge on any atom is -0.371 e. The molecule has 8 nitrogen and oxygen atoms in total. The van der Waals surface area contributed by atoms with Gasteiger partial charge in [0.1, 0.15) is 0 Å². The van der Waals surface area contributed by atoms with Crippen molar-refractivity contribution in [3.63, 3.8) is 0 Å². The van der Waals surface area contributed by atoms with Crippen LogP contribution in [0.2, 0.25) is 0 Å². The number of benzene rings is 1. The van der Waals surface area contributed by atoms with Gasteiger partial charge in [-0.3, -0.25) is 10.1 Å². The summed E-state index contributed by atoms with van der Waals surface area (Å²) >= 11 is 0. The van der Waals surface area contributed by atoms with Crippen LogP contribution in [0.25, 0.3) is 0 Å². The molecule has 0 saturated carbocycles. The molecule has 1 aromatic rings. The third-order valence-electron chi connectivity index (χ3n) is 3.22. The lowest BCUT2D eigenvalue weighted by molar-refractivity contribution is -0.384. The normalized spacial score (nSPS) is 22.9. The Bertz CT molecular complexity index is 608. The Kier molecular flexibility index (Phi) is 4.57. The molecule has 0 radical (unpaired) electrons. The molecule has 1 unspecified atom stereocenters. The van der Waals surface area contributed by atoms with Gasteiger partial charge >= 0.3 is 0 Å². The van der Waals surface area contributed by atoms with Crippen molar-refractivity contribution in [2.75, 3.05) is 26.2 Å². The molecule has 21 heavy (non-hydrogen) atoms. The lowest BCUT2D eigenvalue weighted by Gasteiger charge is -2.34. The first kappa shape index (κ1) is 15.8. The second-order valence-corrected chi connectivity index (χ2v) is 6.82. The summed E-state index contributed by atoms with van der Waals surface area (Å²) in [6, 6.07) is 4.75. The number of nitro benzene ring substituents is 1. The summed E-state index contributed by atoms with van der Waals surface area (Å²) in [4.78, 5) is 9.96. The molecule has 1 aliphatic heterocycles. The highest BCUT2D eigenvalue weighted by Gasteiger charge is 2.29. The van der Waals surface area contributed by atoms with Gasteiger partial charge in [0.25, 0.3) is 5.69 Å². The predicted molar refractivity (Wildman–Crippen MR) is 75.5 cm³/mol. The van der Waals surface area contributed by atoms with Crippen LogP contribution in [0.15, 0.2) is 29.2 Å². The zero-order valence-electron chi connectivity index (χ0n) is 11.5. The summed E-state index contributed by atoms with van der Waals surface area (Å²) in [6.07, 6.45) is 0. The standard InChI is InChI=1S/C12H17N3O5S/c1-12(8-13-6-7-20-12)9-14-21(18,19)11-4-2-10(3-5-11)15(16)17/h2-5,13-14H,6-9H2,1H3. The van der Waals surface area contributed by atoms with Crippen LogP contribution in [0.5, 0.6) is 0 Å². The van der Waals surface area contributed by atoms with E-state index in [0.29, 0.717) is 13.2 Å². The maximum absolute atomic E-state index is 12.1. The van der Waals surface area contributed by atoms with Crippen LogP contribution in [0.1, 0.15) is 6.92 Å². The second kappa shape index (κ2) is 6.06. The number of nitro groups is 1. The van der Waals surface area contributed by atoms with E-state index < -0.39 is 20.5 Å². The fourth-order valence-corrected chi connectivity index (χ4v) is 3.12. The SMILES string of the molecule is CC1(CNS(=O)(=O)c2ccc([N+](=O)[O-])cc2)CNCCO1. The molecule has 0 bridgehead atoms. The molecule has 0 aromatic heterocycles. The highest BCUT2D eigenvalue weighted by Crippen LogP contribution is 2.17. The summed E-state index contributed by atoms with van der Waals surface area (Å²) in [7, 11) is -3.72. The fraction of sp³-hybridized carbons (Fsp3) is 0.500. The molecule has 1 heterocycles. The number of hydrogen-bond donors (Lipinski definition) is 2. The monoisotopic (exact) mass is 315 g/mol. The Morgan fingerprint density at radius 3 is 2.62 bits per heavy atom. The van der Waals surface area contributed by atoms with Crippen molar-refractivity contribution >= 4 is 15.7 Å². The minimum absolute atomic E-state index is 0.0135. The average molecular weight is 315 g/mol. The van der Waals surface area contributed by atoms with Crippen LogP contribution in [0.3, 0.4) is 0 Å². The van der Waals surface area contributed by atoms with Gasteiger partial charge in [0.2, 0.25) is 10.0 Å². The van der Waals surface area contributed by atoms with Gasteiger partial charge in [-0.05, 0) is 19.1 Å². The molecule has 0 spiro atoms. The van der Waals surface area contributed by atoms with Crippen LogP contribution in [-0.2, 0) is 14.8 Å². The smallest absolute Gasteiger partial charge is 0.269 e. The number of ether oxygens (including phenoxy) is 1. The predicted octanol–water partition coefficient (Wildman–Crippen LogP) is 0.252. The van der Waals surface area contributed by atoms with Crippen molar-refractivity contribution in [3.05, 3.63) is 34.4 Å². The van der Waals surface area contributed by atoms with E-state index in [0.717, 1.165) is 18.7 Å². The average Bonchev–Trinajstić information content (AvgIpc) is 2.46. The third kappa shape index (κ3) is 3.97.